The molecule has 2 unspecified atom stereocenters. The van der Waals surface area contributed by atoms with Crippen LogP contribution in [0, 0.1) is 0 Å². The van der Waals surface area contributed by atoms with E-state index in [0.29, 0.717) is 35.8 Å². The van der Waals surface area contributed by atoms with Crippen LogP contribution >= 0.6 is 0 Å². The quantitative estimate of drug-likeness (QED) is 0.0647. The minimum absolute atomic E-state index is 0.121. The van der Waals surface area contributed by atoms with Crippen LogP contribution in [0.1, 0.15) is 44.7 Å². The number of ketones is 1. The Kier molecular flexibility index (Phi) is 13.8. The van der Waals surface area contributed by atoms with E-state index < -0.39 is 55.1 Å². The van der Waals surface area contributed by atoms with Gasteiger partial charge in [0.25, 0.3) is 0 Å². The van der Waals surface area contributed by atoms with Crippen LogP contribution < -0.4 is 9.47 Å². The molecule has 0 heterocycles. The molecule has 2 atom stereocenters. The molecule has 13 heteroatoms. The van der Waals surface area contributed by atoms with Crippen molar-refractivity contribution in [3.05, 3.63) is 156 Å². The van der Waals surface area contributed by atoms with Crippen molar-refractivity contribution in [2.75, 3.05) is 0 Å². The van der Waals surface area contributed by atoms with E-state index in [2.05, 4.69) is 0 Å². The minimum atomic E-state index is -4.70. The molecule has 4 aromatic rings. The van der Waals surface area contributed by atoms with Crippen molar-refractivity contribution < 1.29 is 59.7 Å². The predicted octanol–water partition coefficient (Wildman–Crippen LogP) is 9.18. The maximum Gasteiger partial charge on any atom is 0.392 e. The Labute approximate surface area is 295 Å². The molecule has 0 saturated heterocycles. The lowest BCUT2D eigenvalue weighted by Crippen LogP contribution is -2.36. The lowest BCUT2D eigenvalue weighted by Gasteiger charge is -2.20. The second kappa shape index (κ2) is 18.4. The van der Waals surface area contributed by atoms with Crippen molar-refractivity contribution in [1.29, 1.82) is 0 Å². The molecule has 0 spiro atoms. The smallest absolute Gasteiger partial charge is 0.392 e. The van der Waals surface area contributed by atoms with Gasteiger partial charge < -0.3 is 18.9 Å². The zero-order valence-corrected chi connectivity index (χ0v) is 27.3. The highest BCUT2D eigenvalue weighted by Crippen LogP contribution is 2.23. The number of allylic oxidation sites excluding steroid dienone is 2. The zero-order chi connectivity index (χ0) is 37.6. The van der Waals surface area contributed by atoms with Crippen LogP contribution in [0.5, 0.6) is 11.5 Å². The summed E-state index contributed by atoms with van der Waals surface area (Å²) in [5.74, 6) is -2.88. The SMILES string of the molecule is O=C(OC(C=CCC(F)(F)F)C(=O)C(C=CCC(F)(F)F)OC(=O)c1ccc(OCc2ccccc2)cc1)c1ccc(OCc2ccccc2)cc1. The molecule has 0 aliphatic rings. The number of esters is 2. The summed E-state index contributed by atoms with van der Waals surface area (Å²) in [7, 11) is 0. The molecule has 0 fully saturated rings. The van der Waals surface area contributed by atoms with Gasteiger partial charge in [-0.25, -0.2) is 9.59 Å². The van der Waals surface area contributed by atoms with E-state index in [4.69, 9.17) is 18.9 Å². The third-order valence-corrected chi connectivity index (χ3v) is 7.03. The Balaban J connectivity index is 1.50. The average Bonchev–Trinajstić information content (AvgIpc) is 3.12. The lowest BCUT2D eigenvalue weighted by atomic mass is 10.1. The number of halogens is 6. The Morgan fingerprint density at radius 2 is 0.865 bits per heavy atom. The molecule has 52 heavy (non-hydrogen) atoms. The Morgan fingerprint density at radius 3 is 1.19 bits per heavy atom. The number of alkyl halides is 6. The second-order valence-electron chi connectivity index (χ2n) is 11.1. The highest BCUT2D eigenvalue weighted by molar-refractivity contribution is 5.98. The van der Waals surface area contributed by atoms with Crippen molar-refractivity contribution in [3.8, 4) is 11.5 Å². The fourth-order valence-corrected chi connectivity index (χ4v) is 4.42. The average molecular weight is 727 g/mol. The van der Waals surface area contributed by atoms with Crippen LogP contribution in [-0.2, 0) is 27.5 Å². The van der Waals surface area contributed by atoms with Gasteiger partial charge in [0.2, 0.25) is 5.78 Å². The number of benzene rings is 4. The molecule has 0 aromatic heterocycles. The highest BCUT2D eigenvalue weighted by Gasteiger charge is 2.32. The molecule has 0 amide bonds. The first-order valence-corrected chi connectivity index (χ1v) is 15.7. The van der Waals surface area contributed by atoms with E-state index in [1.807, 2.05) is 60.7 Å². The summed E-state index contributed by atoms with van der Waals surface area (Å²) in [5.41, 5.74) is 1.51. The second-order valence-corrected chi connectivity index (χ2v) is 11.1. The third-order valence-electron chi connectivity index (χ3n) is 7.03. The van der Waals surface area contributed by atoms with Gasteiger partial charge in [-0.2, -0.15) is 26.3 Å². The van der Waals surface area contributed by atoms with Crippen LogP contribution in [0.15, 0.2) is 133 Å². The number of carbonyl (C=O) groups is 3. The van der Waals surface area contributed by atoms with E-state index in [0.717, 1.165) is 11.1 Å². The molecular formula is C39H32F6O7. The summed E-state index contributed by atoms with van der Waals surface area (Å²) in [6, 6.07) is 29.3. The molecule has 0 bridgehead atoms. The third kappa shape index (κ3) is 13.5. The topological polar surface area (TPSA) is 88.1 Å². The lowest BCUT2D eigenvalue weighted by molar-refractivity contribution is -0.133. The molecule has 0 radical (unpaired) electrons. The highest BCUT2D eigenvalue weighted by atomic mass is 19.4. The first kappa shape index (κ1) is 38.9. The summed E-state index contributed by atoms with van der Waals surface area (Å²) < 4.78 is 99.5. The normalized spacial score (nSPS) is 13.0. The molecule has 0 aliphatic heterocycles. The van der Waals surface area contributed by atoms with Crippen molar-refractivity contribution in [3.63, 3.8) is 0 Å². The Hall–Kier alpha value is -5.85. The molecule has 0 N–H and O–H groups in total. The summed E-state index contributed by atoms with van der Waals surface area (Å²) in [4.78, 5) is 39.7. The Morgan fingerprint density at radius 1 is 0.519 bits per heavy atom. The van der Waals surface area contributed by atoms with E-state index in [1.54, 1.807) is 0 Å². The van der Waals surface area contributed by atoms with Crippen molar-refractivity contribution in [1.82, 2.24) is 0 Å². The Bertz CT molecular complexity index is 1670. The van der Waals surface area contributed by atoms with E-state index in [1.165, 1.54) is 48.5 Å². The van der Waals surface area contributed by atoms with Crippen molar-refractivity contribution in [2.45, 2.75) is 50.6 Å². The fraction of sp³-hybridized carbons (Fsp3) is 0.205. The van der Waals surface area contributed by atoms with E-state index in [-0.39, 0.29) is 24.3 Å². The van der Waals surface area contributed by atoms with Crippen LogP contribution in [0.2, 0.25) is 0 Å². The first-order chi connectivity index (χ1) is 24.8. The van der Waals surface area contributed by atoms with Crippen LogP contribution in [-0.4, -0.2) is 42.3 Å². The first-order valence-electron chi connectivity index (χ1n) is 15.7. The molecular weight excluding hydrogens is 694 g/mol. The minimum Gasteiger partial charge on any atom is -0.489 e. The predicted molar refractivity (Wildman–Crippen MR) is 177 cm³/mol. The summed E-state index contributed by atoms with van der Waals surface area (Å²) in [6.07, 6.45) is -14.3. The van der Waals surface area contributed by atoms with Gasteiger partial charge in [0, 0.05) is 0 Å². The molecule has 272 valence electrons. The van der Waals surface area contributed by atoms with Crippen LogP contribution in [0.25, 0.3) is 0 Å². The van der Waals surface area contributed by atoms with Gasteiger partial charge in [-0.1, -0.05) is 72.8 Å². The van der Waals surface area contributed by atoms with E-state index >= 15 is 0 Å². The van der Waals surface area contributed by atoms with Gasteiger partial charge in [-0.3, -0.25) is 4.79 Å². The molecule has 7 nitrogen and oxygen atoms in total. The zero-order valence-electron chi connectivity index (χ0n) is 27.3. The number of Topliss-reactive ketones (excluding diaryl/α,β-unsaturated/α-hetero) is 1. The van der Waals surface area contributed by atoms with Crippen LogP contribution in [0.4, 0.5) is 26.3 Å². The fourth-order valence-electron chi connectivity index (χ4n) is 4.42. The van der Waals surface area contributed by atoms with Crippen molar-refractivity contribution >= 4 is 17.7 Å². The largest absolute Gasteiger partial charge is 0.489 e. The number of hydrogen-bond donors (Lipinski definition) is 0. The van der Waals surface area contributed by atoms with Gasteiger partial charge >= 0.3 is 24.3 Å². The molecule has 0 aliphatic carbocycles. The molecule has 4 rings (SSSR count). The van der Waals surface area contributed by atoms with Gasteiger partial charge in [-0.05, 0) is 71.8 Å². The van der Waals surface area contributed by atoms with Gasteiger partial charge in [0.15, 0.2) is 12.2 Å². The van der Waals surface area contributed by atoms with Gasteiger partial charge in [-0.15, -0.1) is 0 Å². The standard InChI is InChI=1S/C39H32F6O7/c40-38(41,42)23-7-13-33(51-36(47)29-15-19-31(20-16-29)49-25-27-9-3-1-4-10-27)35(46)34(14-8-24-39(43,44)45)52-37(48)30-17-21-32(22-18-30)50-26-28-11-5-2-6-12-28/h1-22,33-34H,23-26H2. The van der Waals surface area contributed by atoms with Crippen LogP contribution in [0.3, 0.4) is 0 Å². The summed E-state index contributed by atoms with van der Waals surface area (Å²) in [5, 5.41) is 0. The number of ether oxygens (including phenoxy) is 4. The van der Waals surface area contributed by atoms with Crippen molar-refractivity contribution in [2.24, 2.45) is 0 Å². The van der Waals surface area contributed by atoms with E-state index in [9.17, 15) is 40.7 Å². The summed E-state index contributed by atoms with van der Waals surface area (Å²) in [6.45, 7) is 0.443. The number of carbonyl (C=O) groups excluding carboxylic acids is 3. The monoisotopic (exact) mass is 726 g/mol. The maximum absolute atomic E-state index is 13.6. The number of rotatable bonds is 16. The van der Waals surface area contributed by atoms with Gasteiger partial charge in [0.05, 0.1) is 24.0 Å². The summed E-state index contributed by atoms with van der Waals surface area (Å²) >= 11 is 0. The maximum atomic E-state index is 13.6. The molecule has 4 aromatic carbocycles. The van der Waals surface area contributed by atoms with Gasteiger partial charge in [0.1, 0.15) is 24.7 Å². The molecule has 0 saturated carbocycles. The number of hydrogen-bond acceptors (Lipinski definition) is 7.